The average Bonchev–Trinajstić information content (AvgIpc) is 2.29. The van der Waals surface area contributed by atoms with Crippen LogP contribution in [-0.2, 0) is 0 Å². The van der Waals surface area contributed by atoms with Crippen LogP contribution in [0.2, 0.25) is 10.0 Å². The van der Waals surface area contributed by atoms with Gasteiger partial charge in [-0.2, -0.15) is 0 Å². The lowest BCUT2D eigenvalue weighted by molar-refractivity contribution is 0.0793. The fraction of sp³-hybridized carbons (Fsp3) is 0.417. The number of carbonyl (C=O) groups is 1. The molecule has 0 heterocycles. The number of rotatable bonds is 4. The van der Waals surface area contributed by atoms with Gasteiger partial charge in [0.15, 0.2) is 0 Å². The van der Waals surface area contributed by atoms with Crippen molar-refractivity contribution in [2.45, 2.75) is 19.8 Å². The molecule has 1 amide bonds. The zero-order chi connectivity index (χ0) is 13.0. The molecule has 1 aromatic carbocycles. The van der Waals surface area contributed by atoms with Gasteiger partial charge >= 0.3 is 0 Å². The molecule has 0 unspecified atom stereocenters. The summed E-state index contributed by atoms with van der Waals surface area (Å²) in [7, 11) is 1.74. The van der Waals surface area contributed by atoms with Crippen molar-refractivity contribution in [1.82, 2.24) is 4.90 Å². The molecule has 0 saturated carbocycles. The predicted molar refractivity (Wildman–Crippen MR) is 72.7 cm³/mol. The van der Waals surface area contributed by atoms with E-state index in [0.29, 0.717) is 22.8 Å². The van der Waals surface area contributed by atoms with E-state index in [9.17, 15) is 4.79 Å². The number of anilines is 1. The second-order valence-electron chi connectivity index (χ2n) is 3.94. The summed E-state index contributed by atoms with van der Waals surface area (Å²) >= 11 is 11.9. The fourth-order valence-corrected chi connectivity index (χ4v) is 1.89. The third-order valence-corrected chi connectivity index (χ3v) is 3.28. The molecule has 5 heteroatoms. The molecule has 17 heavy (non-hydrogen) atoms. The number of nitrogens with two attached hydrogens (primary N) is 1. The molecule has 2 N–H and O–H groups in total. The number of amides is 1. The maximum Gasteiger partial charge on any atom is 0.255 e. The van der Waals surface area contributed by atoms with E-state index >= 15 is 0 Å². The smallest absolute Gasteiger partial charge is 0.255 e. The summed E-state index contributed by atoms with van der Waals surface area (Å²) in [5, 5.41) is 0.563. The van der Waals surface area contributed by atoms with E-state index in [-0.39, 0.29) is 10.9 Å². The molecule has 0 bridgehead atoms. The first-order valence-electron chi connectivity index (χ1n) is 5.47. The Bertz CT molecular complexity index is 421. The van der Waals surface area contributed by atoms with Crippen molar-refractivity contribution in [2.24, 2.45) is 0 Å². The summed E-state index contributed by atoms with van der Waals surface area (Å²) < 4.78 is 0. The topological polar surface area (TPSA) is 46.3 Å². The lowest BCUT2D eigenvalue weighted by atomic mass is 10.1. The van der Waals surface area contributed by atoms with Crippen molar-refractivity contribution >= 4 is 34.8 Å². The molecule has 94 valence electrons. The standard InChI is InChI=1S/C12H16Cl2N2O/c1-3-4-5-16(2)12(17)9-6-8(15)7-10(13)11(9)14/h6-7H,3-5,15H2,1-2H3. The Labute approximate surface area is 111 Å². The number of hydrogen-bond acceptors (Lipinski definition) is 2. The van der Waals surface area contributed by atoms with Gasteiger partial charge < -0.3 is 10.6 Å². The minimum absolute atomic E-state index is 0.155. The Morgan fingerprint density at radius 3 is 2.65 bits per heavy atom. The van der Waals surface area contributed by atoms with Crippen LogP contribution in [0.5, 0.6) is 0 Å². The molecule has 0 aliphatic carbocycles. The van der Waals surface area contributed by atoms with Gasteiger partial charge in [0.25, 0.3) is 5.91 Å². The first-order valence-corrected chi connectivity index (χ1v) is 6.23. The number of carbonyl (C=O) groups excluding carboxylic acids is 1. The average molecular weight is 275 g/mol. The summed E-state index contributed by atoms with van der Waals surface area (Å²) in [5.74, 6) is -0.155. The Morgan fingerprint density at radius 2 is 2.06 bits per heavy atom. The van der Waals surface area contributed by atoms with Crippen LogP contribution in [0.25, 0.3) is 0 Å². The third-order valence-electron chi connectivity index (χ3n) is 2.47. The number of hydrogen-bond donors (Lipinski definition) is 1. The number of halogens is 2. The highest BCUT2D eigenvalue weighted by Gasteiger charge is 2.17. The lowest BCUT2D eigenvalue weighted by Gasteiger charge is -2.18. The summed E-state index contributed by atoms with van der Waals surface area (Å²) in [6.45, 7) is 2.76. The second-order valence-corrected chi connectivity index (χ2v) is 4.73. The Balaban J connectivity index is 2.96. The van der Waals surface area contributed by atoms with Crippen LogP contribution in [0.3, 0.4) is 0 Å². The lowest BCUT2D eigenvalue weighted by Crippen LogP contribution is -2.28. The van der Waals surface area contributed by atoms with Crippen molar-refractivity contribution in [3.63, 3.8) is 0 Å². The summed E-state index contributed by atoms with van der Waals surface area (Å²) in [5.41, 5.74) is 6.45. The molecule has 3 nitrogen and oxygen atoms in total. The van der Waals surface area contributed by atoms with Crippen LogP contribution in [-0.4, -0.2) is 24.4 Å². The molecule has 1 rings (SSSR count). The maximum absolute atomic E-state index is 12.1. The maximum atomic E-state index is 12.1. The van der Waals surface area contributed by atoms with Gasteiger partial charge in [0.2, 0.25) is 0 Å². The van der Waals surface area contributed by atoms with Crippen molar-refractivity contribution in [3.8, 4) is 0 Å². The molecule has 0 atom stereocenters. The summed E-state index contributed by atoms with van der Waals surface area (Å²) in [6.07, 6.45) is 1.99. The minimum Gasteiger partial charge on any atom is -0.399 e. The van der Waals surface area contributed by atoms with Crippen molar-refractivity contribution < 1.29 is 4.79 Å². The number of nitrogen functional groups attached to an aromatic ring is 1. The van der Waals surface area contributed by atoms with E-state index in [2.05, 4.69) is 6.92 Å². The zero-order valence-electron chi connectivity index (χ0n) is 9.96. The normalized spacial score (nSPS) is 10.4. The van der Waals surface area contributed by atoms with Crippen LogP contribution in [0.1, 0.15) is 30.1 Å². The quantitative estimate of drug-likeness (QED) is 0.855. The molecule has 1 aromatic rings. The van der Waals surface area contributed by atoms with E-state index in [4.69, 9.17) is 28.9 Å². The Hall–Kier alpha value is -0.930. The van der Waals surface area contributed by atoms with Crippen LogP contribution in [0.4, 0.5) is 5.69 Å². The van der Waals surface area contributed by atoms with E-state index in [0.717, 1.165) is 12.8 Å². The van der Waals surface area contributed by atoms with E-state index in [1.807, 2.05) is 0 Å². The first kappa shape index (κ1) is 14.1. The van der Waals surface area contributed by atoms with Crippen LogP contribution in [0, 0.1) is 0 Å². The predicted octanol–water partition coefficient (Wildman–Crippen LogP) is 3.45. The van der Waals surface area contributed by atoms with Gasteiger partial charge in [0, 0.05) is 19.3 Å². The number of benzene rings is 1. The largest absolute Gasteiger partial charge is 0.399 e. The highest BCUT2D eigenvalue weighted by molar-refractivity contribution is 6.44. The molecule has 0 radical (unpaired) electrons. The molecule has 0 fully saturated rings. The van der Waals surface area contributed by atoms with Gasteiger partial charge in [-0.3, -0.25) is 4.79 Å². The highest BCUT2D eigenvalue weighted by Crippen LogP contribution is 2.29. The molecule has 0 aliphatic rings. The van der Waals surface area contributed by atoms with Crippen molar-refractivity contribution in [2.75, 3.05) is 19.3 Å². The highest BCUT2D eigenvalue weighted by atomic mass is 35.5. The van der Waals surface area contributed by atoms with Crippen molar-refractivity contribution in [3.05, 3.63) is 27.7 Å². The van der Waals surface area contributed by atoms with Gasteiger partial charge in [-0.25, -0.2) is 0 Å². The molecular formula is C12H16Cl2N2O. The van der Waals surface area contributed by atoms with Crippen LogP contribution < -0.4 is 5.73 Å². The second kappa shape index (κ2) is 6.12. The van der Waals surface area contributed by atoms with E-state index in [1.54, 1.807) is 18.0 Å². The molecule has 0 spiro atoms. The monoisotopic (exact) mass is 274 g/mol. The third kappa shape index (κ3) is 3.51. The van der Waals surface area contributed by atoms with Gasteiger partial charge in [-0.05, 0) is 18.6 Å². The van der Waals surface area contributed by atoms with Gasteiger partial charge in [0.1, 0.15) is 0 Å². The van der Waals surface area contributed by atoms with Crippen LogP contribution in [0.15, 0.2) is 12.1 Å². The Kier molecular flexibility index (Phi) is 5.09. The number of unbranched alkanes of at least 4 members (excludes halogenated alkanes) is 1. The SMILES string of the molecule is CCCCN(C)C(=O)c1cc(N)cc(Cl)c1Cl. The first-order chi connectivity index (χ1) is 7.97. The van der Waals surface area contributed by atoms with Gasteiger partial charge in [0.05, 0.1) is 15.6 Å². The summed E-state index contributed by atoms with van der Waals surface area (Å²) in [6, 6.07) is 3.09. The molecule has 0 aromatic heterocycles. The van der Waals surface area contributed by atoms with Gasteiger partial charge in [-0.1, -0.05) is 36.5 Å². The zero-order valence-corrected chi connectivity index (χ0v) is 11.5. The molecule has 0 aliphatic heterocycles. The minimum atomic E-state index is -0.155. The number of nitrogens with zero attached hydrogens (tertiary/aromatic N) is 1. The summed E-state index contributed by atoms with van der Waals surface area (Å²) in [4.78, 5) is 13.7. The van der Waals surface area contributed by atoms with Crippen molar-refractivity contribution in [1.29, 1.82) is 0 Å². The Morgan fingerprint density at radius 1 is 1.41 bits per heavy atom. The van der Waals surface area contributed by atoms with E-state index in [1.165, 1.54) is 6.07 Å². The van der Waals surface area contributed by atoms with Crippen LogP contribution >= 0.6 is 23.2 Å². The van der Waals surface area contributed by atoms with Gasteiger partial charge in [-0.15, -0.1) is 0 Å². The molecule has 0 saturated heterocycles. The molecular weight excluding hydrogens is 259 g/mol. The van der Waals surface area contributed by atoms with E-state index < -0.39 is 0 Å². The fourth-order valence-electron chi connectivity index (χ4n) is 1.47.